The van der Waals surface area contributed by atoms with Gasteiger partial charge >= 0.3 is 0 Å². The van der Waals surface area contributed by atoms with Gasteiger partial charge in [-0.25, -0.2) is 0 Å². The molecule has 1 heterocycles. The monoisotopic (exact) mass is 294 g/mol. The highest BCUT2D eigenvalue weighted by Gasteiger charge is 2.30. The van der Waals surface area contributed by atoms with E-state index >= 15 is 0 Å². The number of piperazine rings is 1. The first-order chi connectivity index (χ1) is 9.61. The third kappa shape index (κ3) is 3.51. The third-order valence-electron chi connectivity index (χ3n) is 3.55. The van der Waals surface area contributed by atoms with Gasteiger partial charge in [-0.3, -0.25) is 9.59 Å². The summed E-state index contributed by atoms with van der Waals surface area (Å²) in [4.78, 5) is 25.7. The Bertz CT molecular complexity index is 504. The maximum Gasteiger partial charge on any atom is 0.242 e. The van der Waals surface area contributed by atoms with Gasteiger partial charge < -0.3 is 10.2 Å². The molecule has 108 valence electrons. The minimum absolute atomic E-state index is 0.0340. The van der Waals surface area contributed by atoms with Crippen molar-refractivity contribution in [1.82, 2.24) is 10.2 Å². The van der Waals surface area contributed by atoms with Crippen molar-refractivity contribution in [1.29, 1.82) is 0 Å². The van der Waals surface area contributed by atoms with E-state index in [9.17, 15) is 9.59 Å². The van der Waals surface area contributed by atoms with Crippen molar-refractivity contribution in [3.05, 3.63) is 34.9 Å². The van der Waals surface area contributed by atoms with Crippen LogP contribution in [0.25, 0.3) is 0 Å². The number of hydrogen-bond donors (Lipinski definition) is 1. The SMILES string of the molecule is CC[C@@H]1C(=O)NCCN1C(=O)CCc1cccc(Cl)c1. The maximum absolute atomic E-state index is 12.3. The first-order valence-corrected chi connectivity index (χ1v) is 7.31. The van der Waals surface area contributed by atoms with E-state index in [0.29, 0.717) is 37.4 Å². The van der Waals surface area contributed by atoms with E-state index < -0.39 is 0 Å². The lowest BCUT2D eigenvalue weighted by molar-refractivity contribution is -0.143. The minimum atomic E-state index is -0.324. The highest BCUT2D eigenvalue weighted by atomic mass is 35.5. The van der Waals surface area contributed by atoms with E-state index in [1.165, 1.54) is 0 Å². The molecule has 1 N–H and O–H groups in total. The minimum Gasteiger partial charge on any atom is -0.353 e. The molecule has 0 unspecified atom stereocenters. The normalized spacial score (nSPS) is 18.8. The van der Waals surface area contributed by atoms with Crippen LogP contribution in [0.1, 0.15) is 25.3 Å². The third-order valence-corrected chi connectivity index (χ3v) is 3.79. The average Bonchev–Trinajstić information content (AvgIpc) is 2.44. The number of hydrogen-bond acceptors (Lipinski definition) is 2. The van der Waals surface area contributed by atoms with Gasteiger partial charge in [-0.15, -0.1) is 0 Å². The molecule has 1 saturated heterocycles. The molecule has 0 aromatic heterocycles. The smallest absolute Gasteiger partial charge is 0.242 e. The maximum atomic E-state index is 12.3. The Morgan fingerprint density at radius 3 is 3.00 bits per heavy atom. The number of amides is 2. The Balaban J connectivity index is 1.95. The largest absolute Gasteiger partial charge is 0.353 e. The van der Waals surface area contributed by atoms with Crippen molar-refractivity contribution in [2.75, 3.05) is 13.1 Å². The topological polar surface area (TPSA) is 49.4 Å². The summed E-state index contributed by atoms with van der Waals surface area (Å²) in [6.45, 7) is 3.06. The molecular formula is C15H19ClN2O2. The molecule has 1 aromatic rings. The Labute approximate surface area is 124 Å². The van der Waals surface area contributed by atoms with E-state index in [4.69, 9.17) is 11.6 Å². The second kappa shape index (κ2) is 6.75. The quantitative estimate of drug-likeness (QED) is 0.923. The number of halogens is 1. The van der Waals surface area contributed by atoms with Crippen molar-refractivity contribution in [3.8, 4) is 0 Å². The molecule has 0 bridgehead atoms. The van der Waals surface area contributed by atoms with Crippen molar-refractivity contribution >= 4 is 23.4 Å². The molecule has 20 heavy (non-hydrogen) atoms. The molecule has 0 radical (unpaired) electrons. The van der Waals surface area contributed by atoms with Gasteiger partial charge in [-0.1, -0.05) is 30.7 Å². The number of nitrogens with zero attached hydrogens (tertiary/aromatic N) is 1. The Hall–Kier alpha value is -1.55. The fraction of sp³-hybridized carbons (Fsp3) is 0.467. The highest BCUT2D eigenvalue weighted by Crippen LogP contribution is 2.15. The number of aryl methyl sites for hydroxylation is 1. The molecule has 2 amide bonds. The summed E-state index contributed by atoms with van der Waals surface area (Å²) >= 11 is 5.93. The van der Waals surface area contributed by atoms with Crippen molar-refractivity contribution < 1.29 is 9.59 Å². The second-order valence-corrected chi connectivity index (χ2v) is 5.37. The molecule has 0 saturated carbocycles. The summed E-state index contributed by atoms with van der Waals surface area (Å²) < 4.78 is 0. The van der Waals surface area contributed by atoms with Crippen LogP contribution >= 0.6 is 11.6 Å². The molecule has 1 aliphatic rings. The van der Waals surface area contributed by atoms with Gasteiger partial charge in [0.1, 0.15) is 6.04 Å². The van der Waals surface area contributed by atoms with Crippen molar-refractivity contribution in [2.24, 2.45) is 0 Å². The summed E-state index contributed by atoms with van der Waals surface area (Å²) in [5, 5.41) is 3.48. The van der Waals surface area contributed by atoms with Crippen LogP contribution in [0, 0.1) is 0 Å². The number of carbonyl (C=O) groups is 2. The van der Waals surface area contributed by atoms with Gasteiger partial charge in [0.15, 0.2) is 0 Å². The molecule has 4 nitrogen and oxygen atoms in total. The zero-order chi connectivity index (χ0) is 14.5. The van der Waals surface area contributed by atoms with Crippen LogP contribution in [0.2, 0.25) is 5.02 Å². The standard InChI is InChI=1S/C15H19ClN2O2/c1-2-13-15(20)17-8-9-18(13)14(19)7-6-11-4-3-5-12(16)10-11/h3-5,10,13H,2,6-9H2,1H3,(H,17,20)/t13-/m1/s1. The van der Waals surface area contributed by atoms with Crippen LogP contribution < -0.4 is 5.32 Å². The van der Waals surface area contributed by atoms with Crippen LogP contribution in [0.5, 0.6) is 0 Å². The van der Waals surface area contributed by atoms with Crippen LogP contribution in [-0.4, -0.2) is 35.8 Å². The molecule has 1 aliphatic heterocycles. The Morgan fingerprint density at radius 2 is 2.30 bits per heavy atom. The van der Waals surface area contributed by atoms with Crippen LogP contribution in [0.4, 0.5) is 0 Å². The van der Waals surface area contributed by atoms with E-state index in [-0.39, 0.29) is 17.9 Å². The highest BCUT2D eigenvalue weighted by molar-refractivity contribution is 6.30. The molecular weight excluding hydrogens is 276 g/mol. The van der Waals surface area contributed by atoms with E-state index in [1.807, 2.05) is 31.2 Å². The second-order valence-electron chi connectivity index (χ2n) is 4.93. The summed E-state index contributed by atoms with van der Waals surface area (Å²) in [5.74, 6) is -0.0125. The van der Waals surface area contributed by atoms with Gasteiger partial charge in [0.2, 0.25) is 11.8 Å². The molecule has 2 rings (SSSR count). The van der Waals surface area contributed by atoms with Gasteiger partial charge in [-0.05, 0) is 30.5 Å². The van der Waals surface area contributed by atoms with Gasteiger partial charge in [0.05, 0.1) is 0 Å². The number of benzene rings is 1. The first kappa shape index (κ1) is 14.9. The van der Waals surface area contributed by atoms with Gasteiger partial charge in [-0.2, -0.15) is 0 Å². The Kier molecular flexibility index (Phi) is 5.01. The van der Waals surface area contributed by atoms with E-state index in [0.717, 1.165) is 5.56 Å². The lowest BCUT2D eigenvalue weighted by Gasteiger charge is -2.34. The van der Waals surface area contributed by atoms with E-state index in [1.54, 1.807) is 4.90 Å². The zero-order valence-corrected chi connectivity index (χ0v) is 12.3. The molecule has 1 aromatic carbocycles. The van der Waals surface area contributed by atoms with Crippen LogP contribution in [0.15, 0.2) is 24.3 Å². The lowest BCUT2D eigenvalue weighted by Crippen LogP contribution is -2.56. The number of rotatable bonds is 4. The van der Waals surface area contributed by atoms with Crippen molar-refractivity contribution in [3.63, 3.8) is 0 Å². The predicted octanol–water partition coefficient (Wildman–Crippen LogP) is 2.01. The summed E-state index contributed by atoms with van der Waals surface area (Å²) in [6.07, 6.45) is 1.70. The number of nitrogens with one attached hydrogen (secondary N) is 1. The molecule has 1 fully saturated rings. The molecule has 1 atom stereocenters. The lowest BCUT2D eigenvalue weighted by atomic mass is 10.1. The molecule has 0 spiro atoms. The summed E-state index contributed by atoms with van der Waals surface area (Å²) in [5.41, 5.74) is 1.04. The summed E-state index contributed by atoms with van der Waals surface area (Å²) in [7, 11) is 0. The Morgan fingerprint density at radius 1 is 1.50 bits per heavy atom. The van der Waals surface area contributed by atoms with Gasteiger partial charge in [0.25, 0.3) is 0 Å². The fourth-order valence-corrected chi connectivity index (χ4v) is 2.72. The average molecular weight is 295 g/mol. The first-order valence-electron chi connectivity index (χ1n) is 6.93. The van der Waals surface area contributed by atoms with Crippen LogP contribution in [-0.2, 0) is 16.0 Å². The fourth-order valence-electron chi connectivity index (χ4n) is 2.51. The number of carbonyl (C=O) groups excluding carboxylic acids is 2. The van der Waals surface area contributed by atoms with E-state index in [2.05, 4.69) is 5.32 Å². The van der Waals surface area contributed by atoms with Crippen LogP contribution in [0.3, 0.4) is 0 Å². The predicted molar refractivity (Wildman–Crippen MR) is 78.6 cm³/mol. The van der Waals surface area contributed by atoms with Crippen molar-refractivity contribution in [2.45, 2.75) is 32.2 Å². The molecule has 0 aliphatic carbocycles. The summed E-state index contributed by atoms with van der Waals surface area (Å²) in [6, 6.07) is 7.20. The van der Waals surface area contributed by atoms with Gasteiger partial charge in [0, 0.05) is 24.5 Å². The molecule has 5 heteroatoms. The zero-order valence-electron chi connectivity index (χ0n) is 11.6.